The third-order valence-corrected chi connectivity index (χ3v) is 5.19. The molecule has 6 nitrogen and oxygen atoms in total. The van der Waals surface area contributed by atoms with Crippen LogP contribution >= 0.6 is 0 Å². The molecule has 0 bridgehead atoms. The average molecular weight is 345 g/mol. The Balaban J connectivity index is 1.51. The molecular weight excluding hydrogens is 318 g/mol. The summed E-state index contributed by atoms with van der Waals surface area (Å²) in [5, 5.41) is 2.92. The van der Waals surface area contributed by atoms with Crippen molar-refractivity contribution < 1.29 is 14.3 Å². The Morgan fingerprint density at radius 3 is 2.40 bits per heavy atom. The van der Waals surface area contributed by atoms with Crippen molar-refractivity contribution in [3.63, 3.8) is 0 Å². The lowest BCUT2D eigenvalue weighted by Crippen LogP contribution is -2.64. The van der Waals surface area contributed by atoms with Crippen molar-refractivity contribution in [1.82, 2.24) is 15.1 Å². The van der Waals surface area contributed by atoms with Crippen LogP contribution in [0.15, 0.2) is 24.3 Å². The fourth-order valence-electron chi connectivity index (χ4n) is 3.68. The Morgan fingerprint density at radius 1 is 1.24 bits per heavy atom. The molecule has 0 aromatic heterocycles. The molecule has 6 heteroatoms. The Labute approximate surface area is 149 Å². The van der Waals surface area contributed by atoms with Gasteiger partial charge >= 0.3 is 6.03 Å². The van der Waals surface area contributed by atoms with E-state index in [-0.39, 0.29) is 23.4 Å². The molecule has 0 atom stereocenters. The second-order valence-corrected chi connectivity index (χ2v) is 7.38. The van der Waals surface area contributed by atoms with Crippen LogP contribution in [0.5, 0.6) is 5.75 Å². The highest BCUT2D eigenvalue weighted by molar-refractivity contribution is 5.89. The fourth-order valence-corrected chi connectivity index (χ4v) is 3.68. The van der Waals surface area contributed by atoms with Gasteiger partial charge in [0.05, 0.1) is 12.5 Å². The van der Waals surface area contributed by atoms with Crippen molar-refractivity contribution in [2.45, 2.75) is 39.3 Å². The van der Waals surface area contributed by atoms with Gasteiger partial charge in [-0.05, 0) is 44.4 Å². The standard InChI is InChI=1S/C19H27N3O3/c1-14(2)20-18(24)21-10-8-19(9-11-21)13-22(17(19)23)12-15-4-6-16(25-3)7-5-15/h4-7,14H,8-13H2,1-3H3,(H,20,24). The number of β-lactam (4-membered cyclic amide) rings is 1. The molecule has 2 heterocycles. The van der Waals surface area contributed by atoms with Gasteiger partial charge in [-0.3, -0.25) is 4.79 Å². The molecule has 2 aliphatic heterocycles. The zero-order valence-electron chi connectivity index (χ0n) is 15.2. The third kappa shape index (κ3) is 3.57. The van der Waals surface area contributed by atoms with Crippen molar-refractivity contribution in [3.05, 3.63) is 29.8 Å². The number of piperidine rings is 1. The van der Waals surface area contributed by atoms with E-state index in [1.165, 1.54) is 0 Å². The summed E-state index contributed by atoms with van der Waals surface area (Å²) in [6, 6.07) is 7.94. The number of carbonyl (C=O) groups is 2. The number of methoxy groups -OCH3 is 1. The van der Waals surface area contributed by atoms with Crippen LogP contribution in [-0.2, 0) is 11.3 Å². The molecule has 2 saturated heterocycles. The van der Waals surface area contributed by atoms with E-state index in [1.807, 2.05) is 47.9 Å². The van der Waals surface area contributed by atoms with Gasteiger partial charge in [0.25, 0.3) is 0 Å². The fraction of sp³-hybridized carbons (Fsp3) is 0.579. The Morgan fingerprint density at radius 2 is 1.88 bits per heavy atom. The summed E-state index contributed by atoms with van der Waals surface area (Å²) in [7, 11) is 1.64. The summed E-state index contributed by atoms with van der Waals surface area (Å²) in [5.41, 5.74) is 0.860. The van der Waals surface area contributed by atoms with Crippen LogP contribution in [0.1, 0.15) is 32.3 Å². The monoisotopic (exact) mass is 345 g/mol. The van der Waals surface area contributed by atoms with E-state index in [1.54, 1.807) is 7.11 Å². The molecule has 2 fully saturated rings. The van der Waals surface area contributed by atoms with Gasteiger partial charge in [-0.25, -0.2) is 4.79 Å². The number of hydrogen-bond acceptors (Lipinski definition) is 3. The predicted molar refractivity (Wildman–Crippen MR) is 95.3 cm³/mol. The van der Waals surface area contributed by atoms with E-state index in [4.69, 9.17) is 4.74 Å². The Bertz CT molecular complexity index is 634. The first-order valence-electron chi connectivity index (χ1n) is 8.91. The van der Waals surface area contributed by atoms with Crippen LogP contribution < -0.4 is 10.1 Å². The molecule has 3 amide bonds. The number of rotatable bonds is 4. The summed E-state index contributed by atoms with van der Waals surface area (Å²) in [5.74, 6) is 1.05. The Kier molecular flexibility index (Phi) is 4.88. The average Bonchev–Trinajstić information content (AvgIpc) is 2.61. The van der Waals surface area contributed by atoms with Crippen molar-refractivity contribution in [3.8, 4) is 5.75 Å². The number of carbonyl (C=O) groups excluding carboxylic acids is 2. The number of nitrogens with one attached hydrogen (secondary N) is 1. The van der Waals surface area contributed by atoms with E-state index in [9.17, 15) is 9.59 Å². The molecule has 0 unspecified atom stereocenters. The molecule has 25 heavy (non-hydrogen) atoms. The van der Waals surface area contributed by atoms with Crippen LogP contribution in [0.4, 0.5) is 4.79 Å². The maximum Gasteiger partial charge on any atom is 0.317 e. The van der Waals surface area contributed by atoms with Gasteiger partial charge in [0, 0.05) is 32.2 Å². The number of nitrogens with zero attached hydrogens (tertiary/aromatic N) is 2. The molecule has 1 aromatic carbocycles. The smallest absolute Gasteiger partial charge is 0.317 e. The molecule has 1 N–H and O–H groups in total. The number of likely N-dealkylation sites (tertiary alicyclic amines) is 2. The van der Waals surface area contributed by atoms with Gasteiger partial charge in [0.2, 0.25) is 5.91 Å². The minimum Gasteiger partial charge on any atom is -0.497 e. The molecule has 136 valence electrons. The van der Waals surface area contributed by atoms with Crippen LogP contribution in [0, 0.1) is 5.41 Å². The highest BCUT2D eigenvalue weighted by Crippen LogP contribution is 2.42. The first-order chi connectivity index (χ1) is 11.9. The van der Waals surface area contributed by atoms with E-state index in [0.29, 0.717) is 19.6 Å². The van der Waals surface area contributed by atoms with Gasteiger partial charge in [0.1, 0.15) is 5.75 Å². The second-order valence-electron chi connectivity index (χ2n) is 7.38. The minimum absolute atomic E-state index is 0.0216. The van der Waals surface area contributed by atoms with E-state index in [2.05, 4.69) is 5.32 Å². The predicted octanol–water partition coefficient (Wildman–Crippen LogP) is 2.24. The highest BCUT2D eigenvalue weighted by Gasteiger charge is 2.53. The van der Waals surface area contributed by atoms with Gasteiger partial charge in [-0.1, -0.05) is 12.1 Å². The lowest BCUT2D eigenvalue weighted by atomic mass is 9.71. The molecule has 0 saturated carbocycles. The molecule has 0 aliphatic carbocycles. The van der Waals surface area contributed by atoms with E-state index < -0.39 is 0 Å². The van der Waals surface area contributed by atoms with Gasteiger partial charge < -0.3 is 19.9 Å². The number of amides is 3. The van der Waals surface area contributed by atoms with Gasteiger partial charge in [-0.2, -0.15) is 0 Å². The summed E-state index contributed by atoms with van der Waals surface area (Å²) in [4.78, 5) is 28.5. The number of hydrogen-bond donors (Lipinski definition) is 1. The van der Waals surface area contributed by atoms with Crippen molar-refractivity contribution in [2.24, 2.45) is 5.41 Å². The largest absolute Gasteiger partial charge is 0.497 e. The van der Waals surface area contributed by atoms with E-state index in [0.717, 1.165) is 30.7 Å². The number of urea groups is 1. The maximum atomic E-state index is 12.7. The summed E-state index contributed by atoms with van der Waals surface area (Å²) in [6.07, 6.45) is 1.52. The van der Waals surface area contributed by atoms with Crippen molar-refractivity contribution in [2.75, 3.05) is 26.7 Å². The molecule has 1 aromatic rings. The lowest BCUT2D eigenvalue weighted by molar-refractivity contribution is -0.165. The molecular formula is C19H27N3O3. The van der Waals surface area contributed by atoms with Gasteiger partial charge in [-0.15, -0.1) is 0 Å². The second kappa shape index (κ2) is 6.94. The summed E-state index contributed by atoms with van der Waals surface area (Å²) < 4.78 is 5.16. The summed E-state index contributed by atoms with van der Waals surface area (Å²) in [6.45, 7) is 6.65. The Hall–Kier alpha value is -2.24. The molecule has 3 rings (SSSR count). The lowest BCUT2D eigenvalue weighted by Gasteiger charge is -2.52. The highest BCUT2D eigenvalue weighted by atomic mass is 16.5. The molecule has 2 aliphatic rings. The van der Waals surface area contributed by atoms with E-state index >= 15 is 0 Å². The first kappa shape index (κ1) is 17.6. The van der Waals surface area contributed by atoms with Crippen LogP contribution in [0.25, 0.3) is 0 Å². The quantitative estimate of drug-likeness (QED) is 0.852. The first-order valence-corrected chi connectivity index (χ1v) is 8.91. The normalized spacial score (nSPS) is 19.1. The maximum absolute atomic E-state index is 12.7. The van der Waals surface area contributed by atoms with Gasteiger partial charge in [0.15, 0.2) is 0 Å². The molecule has 0 radical (unpaired) electrons. The van der Waals surface area contributed by atoms with Crippen molar-refractivity contribution >= 4 is 11.9 Å². The zero-order chi connectivity index (χ0) is 18.0. The summed E-state index contributed by atoms with van der Waals surface area (Å²) >= 11 is 0. The van der Waals surface area contributed by atoms with Crippen LogP contribution in [0.2, 0.25) is 0 Å². The minimum atomic E-state index is -0.249. The topological polar surface area (TPSA) is 61.9 Å². The zero-order valence-corrected chi connectivity index (χ0v) is 15.2. The SMILES string of the molecule is COc1ccc(CN2CC3(CCN(C(=O)NC(C)C)CC3)C2=O)cc1. The van der Waals surface area contributed by atoms with Crippen LogP contribution in [0.3, 0.4) is 0 Å². The number of benzene rings is 1. The molecule has 1 spiro atoms. The number of ether oxygens (including phenoxy) is 1. The van der Waals surface area contributed by atoms with Crippen molar-refractivity contribution in [1.29, 1.82) is 0 Å². The van der Waals surface area contributed by atoms with Crippen LogP contribution in [-0.4, -0.2) is 54.5 Å². The third-order valence-electron chi connectivity index (χ3n) is 5.19.